The van der Waals surface area contributed by atoms with Crippen LogP contribution >= 0.6 is 0 Å². The van der Waals surface area contributed by atoms with E-state index in [0.717, 1.165) is 31.8 Å². The van der Waals surface area contributed by atoms with Gasteiger partial charge in [0.15, 0.2) is 0 Å². The molecule has 4 nitrogen and oxygen atoms in total. The summed E-state index contributed by atoms with van der Waals surface area (Å²) in [4.78, 5) is 8.64. The van der Waals surface area contributed by atoms with Crippen LogP contribution in [0.3, 0.4) is 0 Å². The summed E-state index contributed by atoms with van der Waals surface area (Å²) in [5, 5.41) is 3.32. The second-order valence-corrected chi connectivity index (χ2v) is 4.99. The molecule has 0 saturated heterocycles. The average Bonchev–Trinajstić information content (AvgIpc) is 2.90. The van der Waals surface area contributed by atoms with E-state index in [9.17, 15) is 0 Å². The van der Waals surface area contributed by atoms with E-state index in [2.05, 4.69) is 22.2 Å². The van der Waals surface area contributed by atoms with Crippen LogP contribution < -0.4 is 10.1 Å². The van der Waals surface area contributed by atoms with Crippen molar-refractivity contribution in [2.24, 2.45) is 5.92 Å². The Balaban J connectivity index is 1.78. The maximum atomic E-state index is 5.74. The zero-order valence-corrected chi connectivity index (χ0v) is 11.2. The van der Waals surface area contributed by atoms with E-state index in [-0.39, 0.29) is 0 Å². The average molecular weight is 249 g/mol. The number of nitrogens with zero attached hydrogens (tertiary/aromatic N) is 2. The van der Waals surface area contributed by atoms with Crippen molar-refractivity contribution in [3.8, 4) is 5.88 Å². The van der Waals surface area contributed by atoms with Crippen LogP contribution in [0, 0.1) is 5.92 Å². The fourth-order valence-electron chi connectivity index (χ4n) is 2.31. The number of rotatable bonds is 7. The molecule has 0 radical (unpaired) electrons. The molecule has 100 valence electrons. The van der Waals surface area contributed by atoms with Gasteiger partial charge in [-0.15, -0.1) is 0 Å². The van der Waals surface area contributed by atoms with Gasteiger partial charge in [0.05, 0.1) is 18.5 Å². The van der Waals surface area contributed by atoms with E-state index in [0.29, 0.717) is 11.8 Å². The highest BCUT2D eigenvalue weighted by atomic mass is 16.5. The number of hydrogen-bond acceptors (Lipinski definition) is 4. The molecule has 1 N–H and O–H groups in total. The molecule has 2 rings (SSSR count). The van der Waals surface area contributed by atoms with E-state index in [4.69, 9.17) is 4.74 Å². The van der Waals surface area contributed by atoms with Gasteiger partial charge in [0.1, 0.15) is 0 Å². The summed E-state index contributed by atoms with van der Waals surface area (Å²) < 4.78 is 5.74. The third-order valence-electron chi connectivity index (χ3n) is 3.34. The zero-order valence-electron chi connectivity index (χ0n) is 11.2. The molecule has 1 fully saturated rings. The molecule has 0 aromatic carbocycles. The van der Waals surface area contributed by atoms with Gasteiger partial charge in [-0.05, 0) is 31.7 Å². The first-order chi connectivity index (χ1) is 8.88. The molecule has 0 bridgehead atoms. The Kier molecular flexibility index (Phi) is 5.39. The van der Waals surface area contributed by atoms with Gasteiger partial charge in [-0.25, -0.2) is 4.98 Å². The molecule has 0 unspecified atom stereocenters. The highest BCUT2D eigenvalue weighted by Crippen LogP contribution is 2.25. The molecular weight excluding hydrogens is 226 g/mol. The second kappa shape index (κ2) is 7.31. The Labute approximate surface area is 109 Å². The van der Waals surface area contributed by atoms with Crippen molar-refractivity contribution in [2.45, 2.75) is 45.6 Å². The summed E-state index contributed by atoms with van der Waals surface area (Å²) in [5.74, 6) is 1.38. The predicted octanol–water partition coefficient (Wildman–Crippen LogP) is 2.55. The van der Waals surface area contributed by atoms with Crippen LogP contribution in [0.2, 0.25) is 0 Å². The van der Waals surface area contributed by atoms with Gasteiger partial charge in [0.2, 0.25) is 5.88 Å². The van der Waals surface area contributed by atoms with Crippen LogP contribution in [0.1, 0.15) is 44.7 Å². The molecule has 1 aliphatic carbocycles. The van der Waals surface area contributed by atoms with E-state index in [1.165, 1.54) is 25.7 Å². The van der Waals surface area contributed by atoms with E-state index in [1.807, 2.05) is 0 Å². The molecule has 0 spiro atoms. The smallest absolute Gasteiger partial charge is 0.232 e. The molecule has 0 amide bonds. The molecule has 4 heteroatoms. The lowest BCUT2D eigenvalue weighted by molar-refractivity contribution is 0.242. The first-order valence-electron chi connectivity index (χ1n) is 7.03. The van der Waals surface area contributed by atoms with Gasteiger partial charge < -0.3 is 10.1 Å². The molecule has 1 aromatic rings. The third-order valence-corrected chi connectivity index (χ3v) is 3.34. The predicted molar refractivity (Wildman–Crippen MR) is 71.5 cm³/mol. The lowest BCUT2D eigenvalue weighted by atomic mass is 10.1. The SMILES string of the molecule is CCCNCc1cncc(OCC2CCCC2)n1. The monoisotopic (exact) mass is 249 g/mol. The van der Waals surface area contributed by atoms with E-state index in [1.54, 1.807) is 12.4 Å². The maximum absolute atomic E-state index is 5.74. The van der Waals surface area contributed by atoms with Crippen molar-refractivity contribution < 1.29 is 4.74 Å². The van der Waals surface area contributed by atoms with Crippen molar-refractivity contribution >= 4 is 0 Å². The Morgan fingerprint density at radius 1 is 1.33 bits per heavy atom. The van der Waals surface area contributed by atoms with Gasteiger partial charge in [0.25, 0.3) is 0 Å². The minimum atomic E-state index is 0.665. The van der Waals surface area contributed by atoms with Gasteiger partial charge >= 0.3 is 0 Å². The first-order valence-corrected chi connectivity index (χ1v) is 7.03. The van der Waals surface area contributed by atoms with Crippen molar-refractivity contribution in [3.63, 3.8) is 0 Å². The number of hydrogen-bond donors (Lipinski definition) is 1. The fourth-order valence-corrected chi connectivity index (χ4v) is 2.31. The summed E-state index contributed by atoms with van der Waals surface area (Å²) in [5.41, 5.74) is 0.951. The summed E-state index contributed by atoms with van der Waals surface area (Å²) >= 11 is 0. The fraction of sp³-hybridized carbons (Fsp3) is 0.714. The second-order valence-electron chi connectivity index (χ2n) is 4.99. The Hall–Kier alpha value is -1.16. The van der Waals surface area contributed by atoms with Gasteiger partial charge in [-0.1, -0.05) is 19.8 Å². The zero-order chi connectivity index (χ0) is 12.6. The Morgan fingerprint density at radius 2 is 2.17 bits per heavy atom. The van der Waals surface area contributed by atoms with Gasteiger partial charge in [0, 0.05) is 12.7 Å². The van der Waals surface area contributed by atoms with Gasteiger partial charge in [-0.2, -0.15) is 0 Å². The standard InChI is InChI=1S/C14H23N3O/c1-2-7-15-8-13-9-16-10-14(17-13)18-11-12-5-3-4-6-12/h9-10,12,15H,2-8,11H2,1H3. The lowest BCUT2D eigenvalue weighted by Crippen LogP contribution is -2.15. The molecular formula is C14H23N3O. The van der Waals surface area contributed by atoms with Crippen molar-refractivity contribution in [1.82, 2.24) is 15.3 Å². The van der Waals surface area contributed by atoms with Crippen molar-refractivity contribution in [1.29, 1.82) is 0 Å². The van der Waals surface area contributed by atoms with Crippen LogP contribution in [0.25, 0.3) is 0 Å². The molecule has 0 atom stereocenters. The third kappa shape index (κ3) is 4.26. The maximum Gasteiger partial charge on any atom is 0.232 e. The molecule has 18 heavy (non-hydrogen) atoms. The summed E-state index contributed by atoms with van der Waals surface area (Å²) in [7, 11) is 0. The lowest BCUT2D eigenvalue weighted by Gasteiger charge is -2.11. The van der Waals surface area contributed by atoms with Crippen LogP contribution in [-0.4, -0.2) is 23.1 Å². The van der Waals surface area contributed by atoms with Crippen LogP contribution in [-0.2, 0) is 6.54 Å². The largest absolute Gasteiger partial charge is 0.476 e. The molecule has 0 aliphatic heterocycles. The number of ether oxygens (including phenoxy) is 1. The minimum Gasteiger partial charge on any atom is -0.476 e. The topological polar surface area (TPSA) is 47.0 Å². The highest BCUT2D eigenvalue weighted by Gasteiger charge is 2.15. The summed E-state index contributed by atoms with van der Waals surface area (Å²) in [6, 6.07) is 0. The van der Waals surface area contributed by atoms with E-state index >= 15 is 0 Å². The number of aromatic nitrogens is 2. The number of nitrogens with one attached hydrogen (secondary N) is 1. The molecule has 1 saturated carbocycles. The van der Waals surface area contributed by atoms with Crippen LogP contribution in [0.5, 0.6) is 5.88 Å². The molecule has 1 aromatic heterocycles. The highest BCUT2D eigenvalue weighted by molar-refractivity contribution is 5.08. The summed E-state index contributed by atoms with van der Waals surface area (Å²) in [6.07, 6.45) is 9.92. The van der Waals surface area contributed by atoms with Crippen LogP contribution in [0.4, 0.5) is 0 Å². The first kappa shape index (κ1) is 13.3. The van der Waals surface area contributed by atoms with Crippen molar-refractivity contribution in [2.75, 3.05) is 13.2 Å². The Morgan fingerprint density at radius 3 is 2.94 bits per heavy atom. The molecule has 1 aliphatic rings. The molecule has 1 heterocycles. The minimum absolute atomic E-state index is 0.665. The van der Waals surface area contributed by atoms with Crippen molar-refractivity contribution in [3.05, 3.63) is 18.1 Å². The van der Waals surface area contributed by atoms with Gasteiger partial charge in [-0.3, -0.25) is 4.98 Å². The quantitative estimate of drug-likeness (QED) is 0.754. The van der Waals surface area contributed by atoms with Crippen LogP contribution in [0.15, 0.2) is 12.4 Å². The summed E-state index contributed by atoms with van der Waals surface area (Å²) in [6.45, 7) is 4.72. The van der Waals surface area contributed by atoms with E-state index < -0.39 is 0 Å². The Bertz CT molecular complexity index is 351. The normalized spacial score (nSPS) is 16.1.